The molecule has 1 rings (SSSR count). The quantitative estimate of drug-likeness (QED) is 0.828. The van der Waals surface area contributed by atoms with Gasteiger partial charge in [-0.3, -0.25) is 4.79 Å². The maximum Gasteiger partial charge on any atom is 0.251 e. The van der Waals surface area contributed by atoms with E-state index in [1.165, 1.54) is 0 Å². The van der Waals surface area contributed by atoms with Gasteiger partial charge in [0.2, 0.25) is 0 Å². The van der Waals surface area contributed by atoms with Crippen LogP contribution in [0.3, 0.4) is 0 Å². The van der Waals surface area contributed by atoms with Crippen LogP contribution in [0.4, 0.5) is 0 Å². The van der Waals surface area contributed by atoms with Gasteiger partial charge in [0.05, 0.1) is 0 Å². The zero-order valence-corrected chi connectivity index (χ0v) is 12.7. The van der Waals surface area contributed by atoms with Crippen LogP contribution in [-0.4, -0.2) is 24.2 Å². The molecule has 108 valence electrons. The lowest BCUT2D eigenvalue weighted by atomic mass is 9.90. The summed E-state index contributed by atoms with van der Waals surface area (Å²) in [6.07, 6.45) is 1.01. The molecule has 2 N–H and O–H groups in total. The number of nitrogens with one attached hydrogen (secondary N) is 1. The highest BCUT2D eigenvalue weighted by molar-refractivity contribution is 5.94. The van der Waals surface area contributed by atoms with Crippen LogP contribution in [0.1, 0.15) is 48.7 Å². The predicted molar refractivity (Wildman–Crippen MR) is 81.5 cm³/mol. The molecule has 0 saturated carbocycles. The fourth-order valence-electron chi connectivity index (χ4n) is 1.58. The third-order valence-electron chi connectivity index (χ3n) is 3.49. The molecule has 0 aliphatic heterocycles. The summed E-state index contributed by atoms with van der Waals surface area (Å²) < 4.78 is 0. The number of carbonyl (C=O) groups is 1. The van der Waals surface area contributed by atoms with Crippen molar-refractivity contribution in [1.29, 1.82) is 0 Å². The van der Waals surface area contributed by atoms with Crippen molar-refractivity contribution in [2.45, 2.75) is 34.1 Å². The largest absolute Gasteiger partial charge is 0.384 e. The van der Waals surface area contributed by atoms with Crippen LogP contribution in [0.2, 0.25) is 0 Å². The molecule has 20 heavy (non-hydrogen) atoms. The van der Waals surface area contributed by atoms with Crippen molar-refractivity contribution < 1.29 is 9.90 Å². The number of aliphatic hydroxyl groups excluding tert-OH is 1. The van der Waals surface area contributed by atoms with Crippen LogP contribution in [0.15, 0.2) is 18.2 Å². The van der Waals surface area contributed by atoms with Crippen molar-refractivity contribution in [2.24, 2.45) is 5.41 Å². The minimum absolute atomic E-state index is 0.0847. The summed E-state index contributed by atoms with van der Waals surface area (Å²) in [5.41, 5.74) is 2.47. The number of rotatable bonds is 4. The number of hydrogen-bond donors (Lipinski definition) is 2. The van der Waals surface area contributed by atoms with Gasteiger partial charge < -0.3 is 10.4 Å². The van der Waals surface area contributed by atoms with E-state index in [4.69, 9.17) is 5.11 Å². The lowest BCUT2D eigenvalue weighted by Gasteiger charge is -2.22. The van der Waals surface area contributed by atoms with E-state index >= 15 is 0 Å². The number of aliphatic hydroxyl groups is 1. The van der Waals surface area contributed by atoms with Crippen LogP contribution in [0.25, 0.3) is 0 Å². The molecule has 1 aromatic rings. The van der Waals surface area contributed by atoms with Crippen LogP contribution >= 0.6 is 0 Å². The molecule has 3 nitrogen and oxygen atoms in total. The van der Waals surface area contributed by atoms with Crippen molar-refractivity contribution in [1.82, 2.24) is 5.32 Å². The fraction of sp³-hybridized carbons (Fsp3) is 0.471. The summed E-state index contributed by atoms with van der Waals surface area (Å²) in [6.45, 7) is 8.76. The molecule has 0 atom stereocenters. The van der Waals surface area contributed by atoms with Crippen LogP contribution < -0.4 is 5.32 Å². The Morgan fingerprint density at radius 1 is 1.40 bits per heavy atom. The first-order chi connectivity index (χ1) is 9.39. The van der Waals surface area contributed by atoms with Gasteiger partial charge >= 0.3 is 0 Å². The first-order valence-corrected chi connectivity index (χ1v) is 6.88. The lowest BCUT2D eigenvalue weighted by molar-refractivity contribution is 0.0935. The highest BCUT2D eigenvalue weighted by Crippen LogP contribution is 2.18. The molecule has 0 spiro atoms. The van der Waals surface area contributed by atoms with Gasteiger partial charge in [0.15, 0.2) is 0 Å². The van der Waals surface area contributed by atoms with E-state index < -0.39 is 0 Å². The molecular formula is C17H23NO2. The summed E-state index contributed by atoms with van der Waals surface area (Å²) in [5, 5.41) is 11.7. The average Bonchev–Trinajstić information content (AvgIpc) is 2.44. The topological polar surface area (TPSA) is 49.3 Å². The molecule has 1 aromatic carbocycles. The molecule has 0 aliphatic rings. The number of hydrogen-bond acceptors (Lipinski definition) is 2. The third-order valence-corrected chi connectivity index (χ3v) is 3.49. The van der Waals surface area contributed by atoms with Crippen molar-refractivity contribution in [2.75, 3.05) is 13.2 Å². The van der Waals surface area contributed by atoms with E-state index in [2.05, 4.69) is 37.9 Å². The molecule has 0 heterocycles. The molecule has 1 amide bonds. The maximum atomic E-state index is 12.1. The molecule has 0 fully saturated rings. The smallest absolute Gasteiger partial charge is 0.251 e. The van der Waals surface area contributed by atoms with Gasteiger partial charge in [-0.1, -0.05) is 38.7 Å². The second-order valence-electron chi connectivity index (χ2n) is 5.69. The fourth-order valence-corrected chi connectivity index (χ4v) is 1.58. The Kier molecular flexibility index (Phi) is 5.79. The second kappa shape index (κ2) is 7.12. The molecule has 0 saturated heterocycles. The third kappa shape index (κ3) is 4.71. The number of aryl methyl sites for hydroxylation is 1. The molecular weight excluding hydrogens is 250 g/mol. The Morgan fingerprint density at radius 2 is 2.10 bits per heavy atom. The number of amides is 1. The van der Waals surface area contributed by atoms with E-state index in [-0.39, 0.29) is 17.9 Å². The molecule has 0 unspecified atom stereocenters. The van der Waals surface area contributed by atoms with Crippen LogP contribution in [0, 0.1) is 24.2 Å². The molecule has 0 bridgehead atoms. The second-order valence-corrected chi connectivity index (χ2v) is 5.69. The standard InChI is InChI=1S/C17H23NO2/c1-5-17(3,4)12-18-16(20)15-9-8-13(2)14(11-15)7-6-10-19/h8-9,11,19H,5,10,12H2,1-4H3,(H,18,20). The number of benzene rings is 1. The van der Waals surface area contributed by atoms with Gasteiger partial charge in [-0.05, 0) is 36.5 Å². The summed E-state index contributed by atoms with van der Waals surface area (Å²) in [7, 11) is 0. The molecule has 3 heteroatoms. The first kappa shape index (κ1) is 16.3. The van der Waals surface area contributed by atoms with E-state index in [1.54, 1.807) is 12.1 Å². The summed E-state index contributed by atoms with van der Waals surface area (Å²) >= 11 is 0. The van der Waals surface area contributed by atoms with Crippen molar-refractivity contribution >= 4 is 5.91 Å². The van der Waals surface area contributed by atoms with Crippen molar-refractivity contribution in [3.8, 4) is 11.8 Å². The Labute approximate surface area is 121 Å². The normalized spacial score (nSPS) is 10.7. The van der Waals surface area contributed by atoms with Gasteiger partial charge in [0.25, 0.3) is 5.91 Å². The predicted octanol–water partition coefficient (Wildman–Crippen LogP) is 2.50. The first-order valence-electron chi connectivity index (χ1n) is 6.88. The Morgan fingerprint density at radius 3 is 2.70 bits per heavy atom. The average molecular weight is 273 g/mol. The van der Waals surface area contributed by atoms with E-state index in [1.807, 2.05) is 13.0 Å². The Bertz CT molecular complexity index is 536. The zero-order chi connectivity index (χ0) is 15.2. The van der Waals surface area contributed by atoms with Crippen LogP contribution in [0.5, 0.6) is 0 Å². The lowest BCUT2D eigenvalue weighted by Crippen LogP contribution is -2.33. The van der Waals surface area contributed by atoms with Crippen molar-refractivity contribution in [3.05, 3.63) is 34.9 Å². The molecule has 0 aliphatic carbocycles. The maximum absolute atomic E-state index is 12.1. The minimum Gasteiger partial charge on any atom is -0.384 e. The summed E-state index contributed by atoms with van der Waals surface area (Å²) in [4.78, 5) is 12.1. The number of carbonyl (C=O) groups excluding carboxylic acids is 1. The Balaban J connectivity index is 2.84. The Hall–Kier alpha value is -1.79. The van der Waals surface area contributed by atoms with Gasteiger partial charge in [-0.2, -0.15) is 0 Å². The van der Waals surface area contributed by atoms with Crippen molar-refractivity contribution in [3.63, 3.8) is 0 Å². The minimum atomic E-state index is -0.180. The van der Waals surface area contributed by atoms with Gasteiger partial charge in [0, 0.05) is 17.7 Å². The van der Waals surface area contributed by atoms with Gasteiger partial charge in [-0.25, -0.2) is 0 Å². The SMILES string of the molecule is CCC(C)(C)CNC(=O)c1ccc(C)c(C#CCO)c1. The van der Waals surface area contributed by atoms with Gasteiger partial charge in [-0.15, -0.1) is 0 Å². The highest BCUT2D eigenvalue weighted by Gasteiger charge is 2.16. The molecule has 0 aromatic heterocycles. The van der Waals surface area contributed by atoms with E-state index in [0.29, 0.717) is 12.1 Å². The van der Waals surface area contributed by atoms with Gasteiger partial charge in [0.1, 0.15) is 6.61 Å². The van der Waals surface area contributed by atoms with E-state index in [9.17, 15) is 4.79 Å². The monoisotopic (exact) mass is 273 g/mol. The zero-order valence-electron chi connectivity index (χ0n) is 12.7. The van der Waals surface area contributed by atoms with Crippen LogP contribution in [-0.2, 0) is 0 Å². The highest BCUT2D eigenvalue weighted by atomic mass is 16.2. The van der Waals surface area contributed by atoms with E-state index in [0.717, 1.165) is 17.5 Å². The summed E-state index contributed by atoms with van der Waals surface area (Å²) in [5.74, 6) is 5.39. The summed E-state index contributed by atoms with van der Waals surface area (Å²) in [6, 6.07) is 5.45. The molecule has 0 radical (unpaired) electrons.